The van der Waals surface area contributed by atoms with Gasteiger partial charge in [0.25, 0.3) is 0 Å². The monoisotopic (exact) mass is 249 g/mol. The summed E-state index contributed by atoms with van der Waals surface area (Å²) in [6, 6.07) is 6.23. The first-order valence-corrected chi connectivity index (χ1v) is 5.33. The summed E-state index contributed by atoms with van der Waals surface area (Å²) in [7, 11) is 0. The molecule has 0 spiro atoms. The van der Waals surface area contributed by atoms with Crippen LogP contribution in [0.15, 0.2) is 30.5 Å². The van der Waals surface area contributed by atoms with Crippen molar-refractivity contribution in [3.8, 4) is 5.69 Å². The van der Waals surface area contributed by atoms with Crippen LogP contribution >= 0.6 is 0 Å². The zero-order valence-electron chi connectivity index (χ0n) is 9.51. The van der Waals surface area contributed by atoms with Crippen LogP contribution in [-0.2, 0) is 11.3 Å². The van der Waals surface area contributed by atoms with Crippen molar-refractivity contribution in [3.05, 3.63) is 42.0 Å². The minimum atomic E-state index is -0.389. The number of nitrogens with zero attached hydrogens (tertiary/aromatic N) is 3. The molecule has 0 aliphatic carbocycles. The second kappa shape index (κ2) is 5.37. The summed E-state index contributed by atoms with van der Waals surface area (Å²) < 4.78 is 14.8. The van der Waals surface area contributed by atoms with Crippen LogP contribution in [0.2, 0.25) is 0 Å². The summed E-state index contributed by atoms with van der Waals surface area (Å²) in [6.07, 6.45) is 1.55. The molecule has 0 aliphatic heterocycles. The molecule has 1 heterocycles. The maximum Gasteiger partial charge on any atom is 0.234 e. The molecule has 0 saturated carbocycles. The predicted molar refractivity (Wildman–Crippen MR) is 62.2 cm³/mol. The van der Waals surface area contributed by atoms with Crippen molar-refractivity contribution < 1.29 is 9.18 Å². The first kappa shape index (κ1) is 12.2. The van der Waals surface area contributed by atoms with Crippen molar-refractivity contribution >= 4 is 5.91 Å². The molecule has 0 radical (unpaired) electrons. The van der Waals surface area contributed by atoms with Crippen LogP contribution in [0.25, 0.3) is 5.69 Å². The fourth-order valence-corrected chi connectivity index (χ4v) is 1.40. The fraction of sp³-hybridized carbons (Fsp3) is 0.182. The Morgan fingerprint density at radius 3 is 2.94 bits per heavy atom. The Kier molecular flexibility index (Phi) is 3.63. The van der Waals surface area contributed by atoms with E-state index in [0.29, 0.717) is 11.4 Å². The molecular formula is C11H12FN5O. The number of carbonyl (C=O) groups excluding carboxylic acids is 1. The second-order valence-electron chi connectivity index (χ2n) is 3.59. The molecule has 0 saturated heterocycles. The Balaban J connectivity index is 2.11. The van der Waals surface area contributed by atoms with Crippen LogP contribution in [0.3, 0.4) is 0 Å². The van der Waals surface area contributed by atoms with E-state index in [2.05, 4.69) is 15.6 Å². The van der Waals surface area contributed by atoms with Gasteiger partial charge >= 0.3 is 0 Å². The lowest BCUT2D eigenvalue weighted by Gasteiger charge is -2.00. The third kappa shape index (κ3) is 2.69. The predicted octanol–water partition coefficient (Wildman–Crippen LogP) is -0.0187. The molecule has 2 rings (SSSR count). The van der Waals surface area contributed by atoms with Crippen molar-refractivity contribution in [2.45, 2.75) is 6.54 Å². The summed E-state index contributed by atoms with van der Waals surface area (Å²) in [4.78, 5) is 11.0. The molecule has 0 unspecified atom stereocenters. The summed E-state index contributed by atoms with van der Waals surface area (Å²) >= 11 is 0. The molecule has 0 atom stereocenters. The zero-order chi connectivity index (χ0) is 13.0. The van der Waals surface area contributed by atoms with Crippen LogP contribution in [0.4, 0.5) is 4.39 Å². The molecule has 1 aromatic heterocycles. The first-order valence-electron chi connectivity index (χ1n) is 5.33. The molecular weight excluding hydrogens is 237 g/mol. The van der Waals surface area contributed by atoms with E-state index in [-0.39, 0.29) is 24.8 Å². The maximum absolute atomic E-state index is 13.5. The van der Waals surface area contributed by atoms with Gasteiger partial charge in [-0.3, -0.25) is 4.79 Å². The molecule has 2 aromatic rings. The molecule has 1 amide bonds. The Bertz CT molecular complexity index is 554. The number of nitrogens with two attached hydrogens (primary N) is 1. The number of carbonyl (C=O) groups is 1. The highest BCUT2D eigenvalue weighted by atomic mass is 19.1. The molecule has 0 aliphatic rings. The summed E-state index contributed by atoms with van der Waals surface area (Å²) in [5.41, 5.74) is 5.98. The van der Waals surface area contributed by atoms with Crippen molar-refractivity contribution in [3.63, 3.8) is 0 Å². The quantitative estimate of drug-likeness (QED) is 0.797. The largest absolute Gasteiger partial charge is 0.349 e. The fourth-order valence-electron chi connectivity index (χ4n) is 1.40. The van der Waals surface area contributed by atoms with Gasteiger partial charge in [-0.2, -0.15) is 0 Å². The Morgan fingerprint density at radius 1 is 1.44 bits per heavy atom. The minimum Gasteiger partial charge on any atom is -0.349 e. The molecule has 3 N–H and O–H groups in total. The minimum absolute atomic E-state index is 0.0819. The SMILES string of the molecule is NCC(=O)NCc1cn(-c2ccccc2F)nn1. The van der Waals surface area contributed by atoms with Crippen molar-refractivity contribution in [2.75, 3.05) is 6.54 Å². The third-order valence-corrected chi connectivity index (χ3v) is 2.29. The number of hydrogen-bond acceptors (Lipinski definition) is 4. The van der Waals surface area contributed by atoms with E-state index in [1.807, 2.05) is 0 Å². The third-order valence-electron chi connectivity index (χ3n) is 2.29. The Morgan fingerprint density at radius 2 is 2.22 bits per heavy atom. The van der Waals surface area contributed by atoms with Gasteiger partial charge in [0, 0.05) is 0 Å². The van der Waals surface area contributed by atoms with Crippen LogP contribution in [0, 0.1) is 5.82 Å². The molecule has 1 aromatic carbocycles. The van der Waals surface area contributed by atoms with Crippen LogP contribution in [0.5, 0.6) is 0 Å². The van der Waals surface area contributed by atoms with Crippen molar-refractivity contribution in [1.29, 1.82) is 0 Å². The van der Waals surface area contributed by atoms with E-state index in [0.717, 1.165) is 0 Å². The van der Waals surface area contributed by atoms with Gasteiger partial charge < -0.3 is 11.1 Å². The van der Waals surface area contributed by atoms with E-state index in [1.165, 1.54) is 10.7 Å². The molecule has 94 valence electrons. The number of benzene rings is 1. The van der Waals surface area contributed by atoms with Gasteiger partial charge in [0.1, 0.15) is 17.2 Å². The smallest absolute Gasteiger partial charge is 0.234 e. The average Bonchev–Trinajstić information content (AvgIpc) is 2.85. The lowest BCUT2D eigenvalue weighted by atomic mass is 10.3. The number of nitrogens with one attached hydrogen (secondary N) is 1. The number of para-hydroxylation sites is 1. The average molecular weight is 249 g/mol. The van der Waals surface area contributed by atoms with Gasteiger partial charge in [-0.05, 0) is 12.1 Å². The highest BCUT2D eigenvalue weighted by molar-refractivity contribution is 5.77. The number of rotatable bonds is 4. The van der Waals surface area contributed by atoms with Crippen LogP contribution < -0.4 is 11.1 Å². The highest BCUT2D eigenvalue weighted by Crippen LogP contribution is 2.11. The van der Waals surface area contributed by atoms with Crippen molar-refractivity contribution in [1.82, 2.24) is 20.3 Å². The zero-order valence-corrected chi connectivity index (χ0v) is 9.51. The molecule has 0 bridgehead atoms. The number of amides is 1. The maximum atomic E-state index is 13.5. The lowest BCUT2D eigenvalue weighted by molar-refractivity contribution is -0.119. The number of hydrogen-bond donors (Lipinski definition) is 2. The topological polar surface area (TPSA) is 85.8 Å². The summed E-state index contributed by atoms with van der Waals surface area (Å²) in [5.74, 6) is -0.671. The van der Waals surface area contributed by atoms with Crippen molar-refractivity contribution in [2.24, 2.45) is 5.73 Å². The van der Waals surface area contributed by atoms with Gasteiger partial charge in [0.05, 0.1) is 19.3 Å². The van der Waals surface area contributed by atoms with Gasteiger partial charge in [0.2, 0.25) is 5.91 Å². The van der Waals surface area contributed by atoms with E-state index in [1.54, 1.807) is 24.4 Å². The standard InChI is InChI=1S/C11H12FN5O/c12-9-3-1-2-4-10(9)17-7-8(15-16-17)6-14-11(18)5-13/h1-4,7H,5-6,13H2,(H,14,18). The summed E-state index contributed by atoms with van der Waals surface area (Å²) in [6.45, 7) is 0.131. The number of aromatic nitrogens is 3. The molecule has 6 nitrogen and oxygen atoms in total. The first-order chi connectivity index (χ1) is 8.70. The highest BCUT2D eigenvalue weighted by Gasteiger charge is 2.07. The Hall–Kier alpha value is -2.28. The van der Waals surface area contributed by atoms with E-state index >= 15 is 0 Å². The van der Waals surface area contributed by atoms with E-state index in [4.69, 9.17) is 5.73 Å². The van der Waals surface area contributed by atoms with Gasteiger partial charge in [-0.1, -0.05) is 17.3 Å². The number of halogens is 1. The molecule has 0 fully saturated rings. The van der Waals surface area contributed by atoms with Crippen LogP contribution in [-0.4, -0.2) is 27.4 Å². The molecule has 7 heteroatoms. The normalized spacial score (nSPS) is 10.3. The van der Waals surface area contributed by atoms with E-state index in [9.17, 15) is 9.18 Å². The lowest BCUT2D eigenvalue weighted by Crippen LogP contribution is -2.29. The van der Waals surface area contributed by atoms with Gasteiger partial charge in [-0.25, -0.2) is 9.07 Å². The van der Waals surface area contributed by atoms with Crippen LogP contribution in [0.1, 0.15) is 5.69 Å². The van der Waals surface area contributed by atoms with E-state index < -0.39 is 0 Å². The molecule has 18 heavy (non-hydrogen) atoms. The summed E-state index contributed by atoms with van der Waals surface area (Å²) in [5, 5.41) is 10.2. The Labute approximate surface area is 103 Å². The van der Waals surface area contributed by atoms with Gasteiger partial charge in [-0.15, -0.1) is 5.10 Å². The second-order valence-corrected chi connectivity index (χ2v) is 3.59. The van der Waals surface area contributed by atoms with Gasteiger partial charge in [0.15, 0.2) is 0 Å².